The van der Waals surface area contributed by atoms with Gasteiger partial charge in [0, 0.05) is 19.0 Å². The Morgan fingerprint density at radius 1 is 1.22 bits per heavy atom. The lowest BCUT2D eigenvalue weighted by atomic mass is 10.1. The molecule has 144 valence electrons. The lowest BCUT2D eigenvalue weighted by Crippen LogP contribution is -2.48. The molecule has 5 nitrogen and oxygen atoms in total. The number of nitrogens with one attached hydrogen (secondary N) is 1. The molecule has 1 aromatic heterocycles. The Morgan fingerprint density at radius 3 is 2.89 bits per heavy atom. The van der Waals surface area contributed by atoms with E-state index >= 15 is 0 Å². The quantitative estimate of drug-likeness (QED) is 0.879. The van der Waals surface area contributed by atoms with Crippen molar-refractivity contribution in [1.29, 1.82) is 0 Å². The number of nitrogens with zero attached hydrogens (tertiary/aromatic N) is 3. The van der Waals surface area contributed by atoms with Crippen molar-refractivity contribution >= 4 is 5.91 Å². The van der Waals surface area contributed by atoms with Gasteiger partial charge < -0.3 is 9.88 Å². The van der Waals surface area contributed by atoms with Crippen molar-refractivity contribution in [3.63, 3.8) is 0 Å². The van der Waals surface area contributed by atoms with E-state index < -0.39 is 11.6 Å². The molecule has 0 aliphatic carbocycles. The van der Waals surface area contributed by atoms with Crippen LogP contribution >= 0.6 is 0 Å². The molecule has 0 spiro atoms. The molecule has 1 amide bonds. The van der Waals surface area contributed by atoms with E-state index in [9.17, 15) is 13.6 Å². The van der Waals surface area contributed by atoms with Crippen molar-refractivity contribution in [1.82, 2.24) is 19.8 Å². The number of fused-ring (bicyclic) bond motifs is 1. The predicted molar refractivity (Wildman–Crippen MR) is 97.9 cm³/mol. The highest BCUT2D eigenvalue weighted by molar-refractivity contribution is 5.82. The molecule has 2 aliphatic heterocycles. The van der Waals surface area contributed by atoms with Gasteiger partial charge in [-0.3, -0.25) is 9.69 Å². The Balaban J connectivity index is 1.53. The van der Waals surface area contributed by atoms with Gasteiger partial charge >= 0.3 is 0 Å². The van der Waals surface area contributed by atoms with Crippen LogP contribution in [0.3, 0.4) is 0 Å². The van der Waals surface area contributed by atoms with Gasteiger partial charge in [-0.2, -0.15) is 0 Å². The smallest absolute Gasteiger partial charge is 0.240 e. The number of imidazole rings is 1. The summed E-state index contributed by atoms with van der Waals surface area (Å²) in [6.07, 6.45) is 4.92. The van der Waals surface area contributed by atoms with Gasteiger partial charge in [0.25, 0.3) is 0 Å². The predicted octanol–water partition coefficient (Wildman–Crippen LogP) is 3.11. The minimum Gasteiger partial charge on any atom is -0.340 e. The molecule has 0 bridgehead atoms. The first-order valence-electron chi connectivity index (χ1n) is 9.55. The number of halogens is 2. The second-order valence-corrected chi connectivity index (χ2v) is 7.49. The van der Waals surface area contributed by atoms with Crippen LogP contribution in [-0.4, -0.2) is 51.9 Å². The molecule has 4 rings (SSSR count). The van der Waals surface area contributed by atoms with E-state index in [2.05, 4.69) is 14.9 Å². The van der Waals surface area contributed by atoms with Crippen molar-refractivity contribution in [3.8, 4) is 11.4 Å². The normalized spacial score (nSPS) is 21.0. The molecule has 2 aromatic rings. The maximum absolute atomic E-state index is 14.1. The van der Waals surface area contributed by atoms with E-state index in [4.69, 9.17) is 0 Å². The first-order valence-corrected chi connectivity index (χ1v) is 9.55. The first kappa shape index (κ1) is 18.1. The van der Waals surface area contributed by atoms with Crippen LogP contribution < -0.4 is 0 Å². The largest absolute Gasteiger partial charge is 0.340 e. The molecule has 1 fully saturated rings. The van der Waals surface area contributed by atoms with E-state index in [0.29, 0.717) is 25.3 Å². The summed E-state index contributed by atoms with van der Waals surface area (Å²) in [5.74, 6) is -0.710. The van der Waals surface area contributed by atoms with Crippen LogP contribution in [0.2, 0.25) is 0 Å². The molecular formula is C20H24F2N4O. The van der Waals surface area contributed by atoms with Gasteiger partial charge in [-0.25, -0.2) is 13.8 Å². The number of carbonyl (C=O) groups is 1. The van der Waals surface area contributed by atoms with Crippen molar-refractivity contribution in [3.05, 3.63) is 41.2 Å². The molecule has 7 heteroatoms. The van der Waals surface area contributed by atoms with Crippen LogP contribution in [0.1, 0.15) is 37.1 Å². The molecular weight excluding hydrogens is 350 g/mol. The maximum atomic E-state index is 14.1. The third kappa shape index (κ3) is 3.60. The number of H-pyrrole nitrogens is 1. The van der Waals surface area contributed by atoms with Crippen molar-refractivity contribution in [2.75, 3.05) is 20.1 Å². The van der Waals surface area contributed by atoms with Crippen LogP contribution in [0.4, 0.5) is 8.78 Å². The summed E-state index contributed by atoms with van der Waals surface area (Å²) in [5.41, 5.74) is 1.93. The van der Waals surface area contributed by atoms with Crippen LogP contribution in [0, 0.1) is 11.6 Å². The summed E-state index contributed by atoms with van der Waals surface area (Å²) in [6.45, 7) is 2.02. The molecule has 27 heavy (non-hydrogen) atoms. The lowest BCUT2D eigenvalue weighted by Gasteiger charge is -2.33. The molecule has 1 atom stereocenters. The highest BCUT2D eigenvalue weighted by Gasteiger charge is 2.32. The second kappa shape index (κ2) is 7.38. The number of amides is 1. The summed E-state index contributed by atoms with van der Waals surface area (Å²) in [6, 6.07) is 3.40. The third-order valence-corrected chi connectivity index (χ3v) is 5.64. The topological polar surface area (TPSA) is 52.2 Å². The molecule has 0 radical (unpaired) electrons. The number of benzene rings is 1. The average Bonchev–Trinajstić information content (AvgIpc) is 2.94. The number of likely N-dealkylation sites (N-methyl/N-ethyl adjacent to an activating group) is 1. The summed E-state index contributed by atoms with van der Waals surface area (Å²) >= 11 is 0. The number of hydrogen-bond acceptors (Lipinski definition) is 3. The van der Waals surface area contributed by atoms with E-state index in [1.54, 1.807) is 0 Å². The van der Waals surface area contributed by atoms with Gasteiger partial charge in [0.2, 0.25) is 5.91 Å². The van der Waals surface area contributed by atoms with Crippen LogP contribution in [0.25, 0.3) is 11.4 Å². The molecule has 2 aliphatic rings. The lowest BCUT2D eigenvalue weighted by molar-refractivity contribution is -0.137. The minimum atomic E-state index is -0.644. The van der Waals surface area contributed by atoms with Crippen LogP contribution in [0.5, 0.6) is 0 Å². The average molecular weight is 374 g/mol. The van der Waals surface area contributed by atoms with Crippen molar-refractivity contribution < 1.29 is 13.6 Å². The number of likely N-dealkylation sites (tertiary alicyclic amines) is 1. The summed E-state index contributed by atoms with van der Waals surface area (Å²) in [5, 5.41) is 0. The first-order chi connectivity index (χ1) is 13.0. The molecule has 1 aromatic carbocycles. The van der Waals surface area contributed by atoms with Gasteiger partial charge in [-0.1, -0.05) is 12.8 Å². The van der Waals surface area contributed by atoms with E-state index in [0.717, 1.165) is 43.3 Å². The maximum Gasteiger partial charge on any atom is 0.240 e. The number of aromatic nitrogens is 2. The monoisotopic (exact) mass is 374 g/mol. The van der Waals surface area contributed by atoms with Crippen LogP contribution in [-0.2, 0) is 17.8 Å². The number of hydrogen-bond donors (Lipinski definition) is 1. The van der Waals surface area contributed by atoms with E-state index in [1.165, 1.54) is 18.6 Å². The fourth-order valence-corrected chi connectivity index (χ4v) is 4.07. The van der Waals surface area contributed by atoms with E-state index in [-0.39, 0.29) is 17.5 Å². The zero-order chi connectivity index (χ0) is 19.0. The van der Waals surface area contributed by atoms with Crippen molar-refractivity contribution in [2.45, 2.75) is 44.7 Å². The number of rotatable bonds is 2. The number of aromatic amines is 1. The molecule has 0 saturated carbocycles. The Morgan fingerprint density at radius 2 is 2.07 bits per heavy atom. The van der Waals surface area contributed by atoms with Gasteiger partial charge in [-0.15, -0.1) is 0 Å². The summed E-state index contributed by atoms with van der Waals surface area (Å²) < 4.78 is 27.2. The van der Waals surface area contributed by atoms with E-state index in [1.807, 2.05) is 11.9 Å². The molecule has 1 unspecified atom stereocenters. The number of carbonyl (C=O) groups excluding carboxylic acids is 1. The summed E-state index contributed by atoms with van der Waals surface area (Å²) in [7, 11) is 2.02. The van der Waals surface area contributed by atoms with Crippen molar-refractivity contribution in [2.24, 2.45) is 0 Å². The molecule has 3 heterocycles. The zero-order valence-electron chi connectivity index (χ0n) is 15.5. The molecule has 1 N–H and O–H groups in total. The third-order valence-electron chi connectivity index (χ3n) is 5.64. The SMILES string of the molecule is CN1CCCCCC1C(=O)N1CCc2nc(-c3ccc(F)cc3F)[nH]c2C1. The van der Waals surface area contributed by atoms with Crippen LogP contribution in [0.15, 0.2) is 18.2 Å². The van der Waals surface area contributed by atoms with Gasteiger partial charge in [0.15, 0.2) is 0 Å². The molecule has 1 saturated heterocycles. The Bertz CT molecular complexity index is 851. The Hall–Kier alpha value is -2.28. The van der Waals surface area contributed by atoms with Gasteiger partial charge in [-0.05, 0) is 38.6 Å². The Kier molecular flexibility index (Phi) is 4.95. The van der Waals surface area contributed by atoms with Gasteiger partial charge in [0.1, 0.15) is 17.5 Å². The standard InChI is InChI=1S/C20H24F2N4O/c1-25-9-4-2-3-5-18(25)20(27)26-10-8-16-17(12-26)24-19(23-16)14-7-6-13(21)11-15(14)22/h6-7,11,18H,2-5,8-10,12H2,1H3,(H,23,24). The minimum absolute atomic E-state index is 0.0639. The fourth-order valence-electron chi connectivity index (χ4n) is 4.07. The highest BCUT2D eigenvalue weighted by Crippen LogP contribution is 2.26. The summed E-state index contributed by atoms with van der Waals surface area (Å²) in [4.78, 5) is 24.7. The second-order valence-electron chi connectivity index (χ2n) is 7.49. The zero-order valence-corrected chi connectivity index (χ0v) is 15.5. The highest BCUT2D eigenvalue weighted by atomic mass is 19.1. The Labute approximate surface area is 157 Å². The van der Waals surface area contributed by atoms with Gasteiger partial charge in [0.05, 0.1) is 29.5 Å². The fraction of sp³-hybridized carbons (Fsp3) is 0.500.